The lowest BCUT2D eigenvalue weighted by Gasteiger charge is -2.35. The molecule has 1 aromatic heterocycles. The van der Waals surface area contributed by atoms with Gasteiger partial charge in [0.05, 0.1) is 19.8 Å². The highest BCUT2D eigenvalue weighted by Gasteiger charge is 2.31. The minimum Gasteiger partial charge on any atom is -0.376 e. The van der Waals surface area contributed by atoms with Crippen molar-refractivity contribution in [3.63, 3.8) is 0 Å². The number of carbonyl (C=O) groups is 2. The van der Waals surface area contributed by atoms with Crippen molar-refractivity contribution in [2.75, 3.05) is 38.2 Å². The summed E-state index contributed by atoms with van der Waals surface area (Å²) >= 11 is 0. The molecule has 1 aromatic carbocycles. The molecule has 2 fully saturated rings. The van der Waals surface area contributed by atoms with Crippen LogP contribution in [-0.4, -0.2) is 65.7 Å². The number of amides is 3. The van der Waals surface area contributed by atoms with Crippen LogP contribution in [0.5, 0.6) is 0 Å². The van der Waals surface area contributed by atoms with E-state index in [1.54, 1.807) is 11.1 Å². The van der Waals surface area contributed by atoms with Gasteiger partial charge in [-0.05, 0) is 53.6 Å². The zero-order chi connectivity index (χ0) is 21.9. The number of nitrogens with one attached hydrogen (secondary N) is 1. The van der Waals surface area contributed by atoms with Gasteiger partial charge in [0.1, 0.15) is 0 Å². The van der Waals surface area contributed by atoms with Gasteiger partial charge in [-0.25, -0.2) is 4.79 Å². The predicted octanol–water partition coefficient (Wildman–Crippen LogP) is 2.75. The molecular formula is C24H28N4O4. The van der Waals surface area contributed by atoms with Crippen LogP contribution < -0.4 is 5.32 Å². The lowest BCUT2D eigenvalue weighted by Crippen LogP contribution is -2.47. The SMILES string of the molecule is O=C(Nc1ccc(C2CCN(C(=O)C3COCCO3)CC2)cc1)N1Cc2ccncc2C1. The molecule has 3 aliphatic rings. The lowest BCUT2D eigenvalue weighted by molar-refractivity contribution is -0.158. The van der Waals surface area contributed by atoms with E-state index >= 15 is 0 Å². The van der Waals surface area contributed by atoms with Crippen LogP contribution in [0.25, 0.3) is 0 Å². The summed E-state index contributed by atoms with van der Waals surface area (Å²) in [7, 11) is 0. The molecule has 1 N–H and O–H groups in total. The number of pyridine rings is 1. The highest BCUT2D eigenvalue weighted by atomic mass is 16.6. The maximum atomic E-state index is 12.6. The summed E-state index contributed by atoms with van der Waals surface area (Å²) in [5, 5.41) is 3.00. The molecule has 4 heterocycles. The molecule has 0 aliphatic carbocycles. The van der Waals surface area contributed by atoms with Gasteiger partial charge in [0, 0.05) is 44.3 Å². The Labute approximate surface area is 187 Å². The predicted molar refractivity (Wildman–Crippen MR) is 118 cm³/mol. The van der Waals surface area contributed by atoms with Crippen molar-refractivity contribution in [2.45, 2.75) is 38.0 Å². The lowest BCUT2D eigenvalue weighted by atomic mass is 9.89. The molecule has 0 radical (unpaired) electrons. The molecule has 5 rings (SSSR count). The third-order valence-corrected chi connectivity index (χ3v) is 6.55. The third kappa shape index (κ3) is 4.47. The maximum absolute atomic E-state index is 12.6. The topological polar surface area (TPSA) is 84.0 Å². The Morgan fingerprint density at radius 3 is 2.47 bits per heavy atom. The van der Waals surface area contributed by atoms with Crippen molar-refractivity contribution >= 4 is 17.6 Å². The average Bonchev–Trinajstić information content (AvgIpc) is 3.29. The average molecular weight is 437 g/mol. The Morgan fingerprint density at radius 1 is 0.969 bits per heavy atom. The molecule has 2 aromatic rings. The number of benzene rings is 1. The normalized spacial score (nSPS) is 21.3. The number of aromatic nitrogens is 1. The fourth-order valence-electron chi connectivity index (χ4n) is 4.67. The second kappa shape index (κ2) is 9.26. The van der Waals surface area contributed by atoms with Crippen LogP contribution in [0.2, 0.25) is 0 Å². The second-order valence-electron chi connectivity index (χ2n) is 8.59. The number of hydrogen-bond acceptors (Lipinski definition) is 5. The van der Waals surface area contributed by atoms with Gasteiger partial charge < -0.3 is 24.6 Å². The van der Waals surface area contributed by atoms with Gasteiger partial charge >= 0.3 is 6.03 Å². The Morgan fingerprint density at radius 2 is 1.75 bits per heavy atom. The van der Waals surface area contributed by atoms with E-state index in [9.17, 15) is 9.59 Å². The van der Waals surface area contributed by atoms with Gasteiger partial charge in [-0.15, -0.1) is 0 Å². The van der Waals surface area contributed by atoms with Crippen LogP contribution in [0.3, 0.4) is 0 Å². The molecule has 3 amide bonds. The van der Waals surface area contributed by atoms with Crippen molar-refractivity contribution in [1.82, 2.24) is 14.8 Å². The number of nitrogens with zero attached hydrogens (tertiary/aromatic N) is 3. The first-order chi connectivity index (χ1) is 15.7. The highest BCUT2D eigenvalue weighted by Crippen LogP contribution is 2.30. The third-order valence-electron chi connectivity index (χ3n) is 6.55. The van der Waals surface area contributed by atoms with Crippen molar-refractivity contribution < 1.29 is 19.1 Å². The Kier molecular flexibility index (Phi) is 6.05. The number of urea groups is 1. The van der Waals surface area contributed by atoms with Crippen LogP contribution >= 0.6 is 0 Å². The van der Waals surface area contributed by atoms with Crippen LogP contribution in [-0.2, 0) is 27.4 Å². The number of hydrogen-bond donors (Lipinski definition) is 1. The number of fused-ring (bicyclic) bond motifs is 1. The summed E-state index contributed by atoms with van der Waals surface area (Å²) in [6.45, 7) is 4.05. The van der Waals surface area contributed by atoms with Gasteiger partial charge in [-0.1, -0.05) is 12.1 Å². The standard InChI is InChI=1S/C24H28N4O4/c29-23(22-16-31-11-12-32-22)27-9-6-18(7-10-27)17-1-3-21(4-2-17)26-24(30)28-14-19-5-8-25-13-20(19)15-28/h1-5,8,13,18,22H,6-7,9-12,14-16H2,(H,26,30). The quantitative estimate of drug-likeness (QED) is 0.800. The first kappa shape index (κ1) is 20.9. The Hall–Kier alpha value is -2.97. The van der Waals surface area contributed by atoms with E-state index in [2.05, 4.69) is 22.4 Å². The van der Waals surface area contributed by atoms with Crippen molar-refractivity contribution in [3.8, 4) is 0 Å². The summed E-state index contributed by atoms with van der Waals surface area (Å²) in [5.41, 5.74) is 4.28. The smallest absolute Gasteiger partial charge is 0.322 e. The van der Waals surface area contributed by atoms with E-state index in [1.165, 1.54) is 5.56 Å². The minimum atomic E-state index is -0.456. The van der Waals surface area contributed by atoms with E-state index in [0.717, 1.165) is 42.7 Å². The molecule has 1 atom stereocenters. The largest absolute Gasteiger partial charge is 0.376 e. The molecule has 8 nitrogen and oxygen atoms in total. The Bertz CT molecular complexity index is 941. The maximum Gasteiger partial charge on any atom is 0.322 e. The molecule has 1 unspecified atom stereocenters. The van der Waals surface area contributed by atoms with Gasteiger partial charge in [0.15, 0.2) is 6.10 Å². The van der Waals surface area contributed by atoms with Gasteiger partial charge in [0.25, 0.3) is 5.91 Å². The number of carbonyl (C=O) groups excluding carboxylic acids is 2. The Balaban J connectivity index is 1.12. The number of anilines is 1. The van der Waals surface area contributed by atoms with Crippen LogP contribution in [0.4, 0.5) is 10.5 Å². The van der Waals surface area contributed by atoms with E-state index in [0.29, 0.717) is 38.8 Å². The van der Waals surface area contributed by atoms with Crippen molar-refractivity contribution in [2.24, 2.45) is 0 Å². The molecule has 0 saturated carbocycles. The van der Waals surface area contributed by atoms with E-state index in [1.807, 2.05) is 29.3 Å². The highest BCUT2D eigenvalue weighted by molar-refractivity contribution is 5.89. The van der Waals surface area contributed by atoms with Crippen LogP contribution in [0.1, 0.15) is 35.4 Å². The monoisotopic (exact) mass is 436 g/mol. The molecule has 2 saturated heterocycles. The second-order valence-corrected chi connectivity index (χ2v) is 8.59. The zero-order valence-corrected chi connectivity index (χ0v) is 18.0. The van der Waals surface area contributed by atoms with Crippen molar-refractivity contribution in [1.29, 1.82) is 0 Å². The number of ether oxygens (including phenoxy) is 2. The van der Waals surface area contributed by atoms with Crippen LogP contribution in [0, 0.1) is 0 Å². The van der Waals surface area contributed by atoms with E-state index < -0.39 is 6.10 Å². The van der Waals surface area contributed by atoms with Crippen LogP contribution in [0.15, 0.2) is 42.7 Å². The molecule has 8 heteroatoms. The van der Waals surface area contributed by atoms with Gasteiger partial charge in [-0.2, -0.15) is 0 Å². The number of rotatable bonds is 3. The fraction of sp³-hybridized carbons (Fsp3) is 0.458. The minimum absolute atomic E-state index is 0.0426. The number of likely N-dealkylation sites (tertiary alicyclic amines) is 1. The number of piperidine rings is 1. The summed E-state index contributed by atoms with van der Waals surface area (Å²) in [5.74, 6) is 0.453. The first-order valence-electron chi connectivity index (χ1n) is 11.2. The molecule has 168 valence electrons. The molecule has 32 heavy (non-hydrogen) atoms. The summed E-state index contributed by atoms with van der Waals surface area (Å²) in [6.07, 6.45) is 4.97. The molecule has 0 bridgehead atoms. The fourth-order valence-corrected chi connectivity index (χ4v) is 4.67. The summed E-state index contributed by atoms with van der Waals surface area (Å²) < 4.78 is 10.9. The molecular weight excluding hydrogens is 408 g/mol. The summed E-state index contributed by atoms with van der Waals surface area (Å²) in [4.78, 5) is 33.1. The van der Waals surface area contributed by atoms with E-state index in [-0.39, 0.29) is 11.9 Å². The van der Waals surface area contributed by atoms with Gasteiger partial charge in [-0.3, -0.25) is 9.78 Å². The zero-order valence-electron chi connectivity index (χ0n) is 18.0. The summed E-state index contributed by atoms with van der Waals surface area (Å²) in [6, 6.07) is 9.95. The van der Waals surface area contributed by atoms with Crippen molar-refractivity contribution in [3.05, 3.63) is 59.4 Å². The molecule has 3 aliphatic heterocycles. The van der Waals surface area contributed by atoms with E-state index in [4.69, 9.17) is 9.47 Å². The first-order valence-corrected chi connectivity index (χ1v) is 11.2. The molecule has 0 spiro atoms. The van der Waals surface area contributed by atoms with Gasteiger partial charge in [0.2, 0.25) is 0 Å².